The van der Waals surface area contributed by atoms with Crippen LogP contribution in [0.1, 0.15) is 44.7 Å². The lowest BCUT2D eigenvalue weighted by atomic mass is 10.1. The van der Waals surface area contributed by atoms with Crippen LogP contribution in [0.5, 0.6) is 5.75 Å². The molecule has 0 aliphatic rings. The largest absolute Gasteiger partial charge is 0.492 e. The van der Waals surface area contributed by atoms with Gasteiger partial charge in [0.05, 0.1) is 17.2 Å². The summed E-state index contributed by atoms with van der Waals surface area (Å²) in [6.45, 7) is 7.27. The Morgan fingerprint density at radius 2 is 1.60 bits per heavy atom. The monoisotopic (exact) mass is 633 g/mol. The Hall–Kier alpha value is -3.27. The SMILES string of the molecule is CCCCNC(=O)C(C)N(Cc1c(Cl)cccc1Cl)C(=O)CN(c1ccccc1OCC)S(=O)(=O)c1ccc(C)cc1. The molecule has 1 unspecified atom stereocenters. The van der Waals surface area contributed by atoms with Gasteiger partial charge in [-0.05, 0) is 63.6 Å². The number of carbonyl (C=O) groups excluding carboxylic acids is 2. The molecule has 0 saturated heterocycles. The number of carbonyl (C=O) groups is 2. The van der Waals surface area contributed by atoms with E-state index in [1.54, 1.807) is 68.4 Å². The van der Waals surface area contributed by atoms with Gasteiger partial charge in [-0.25, -0.2) is 8.42 Å². The van der Waals surface area contributed by atoms with Crippen LogP contribution < -0.4 is 14.4 Å². The molecule has 0 fully saturated rings. The third-order valence-electron chi connectivity index (χ3n) is 6.71. The highest BCUT2D eigenvalue weighted by Gasteiger charge is 2.34. The summed E-state index contributed by atoms with van der Waals surface area (Å²) in [6.07, 6.45) is 1.66. The van der Waals surface area contributed by atoms with Gasteiger partial charge in [0.15, 0.2) is 0 Å². The van der Waals surface area contributed by atoms with E-state index in [-0.39, 0.29) is 29.6 Å². The molecule has 0 aliphatic heterocycles. The van der Waals surface area contributed by atoms with Crippen molar-refractivity contribution in [3.05, 3.63) is 87.9 Å². The number of amides is 2. The Labute approximate surface area is 258 Å². The second-order valence-electron chi connectivity index (χ2n) is 9.77. The highest BCUT2D eigenvalue weighted by molar-refractivity contribution is 7.92. The summed E-state index contributed by atoms with van der Waals surface area (Å²) >= 11 is 12.9. The fourth-order valence-electron chi connectivity index (χ4n) is 4.26. The van der Waals surface area contributed by atoms with Gasteiger partial charge in [0.2, 0.25) is 11.8 Å². The van der Waals surface area contributed by atoms with E-state index in [1.807, 2.05) is 13.8 Å². The number of nitrogens with zero attached hydrogens (tertiary/aromatic N) is 2. The lowest BCUT2D eigenvalue weighted by Crippen LogP contribution is -2.51. The van der Waals surface area contributed by atoms with Crippen molar-refractivity contribution in [3.8, 4) is 5.75 Å². The topological polar surface area (TPSA) is 96.0 Å². The molecule has 0 spiro atoms. The fraction of sp³-hybridized carbons (Fsp3) is 0.355. The smallest absolute Gasteiger partial charge is 0.264 e. The number of aryl methyl sites for hydroxylation is 1. The summed E-state index contributed by atoms with van der Waals surface area (Å²) in [5.41, 5.74) is 1.53. The number of unbranched alkanes of at least 4 members (excludes halogenated alkanes) is 1. The third-order valence-corrected chi connectivity index (χ3v) is 9.19. The minimum absolute atomic E-state index is 0.0123. The van der Waals surface area contributed by atoms with Crippen LogP contribution in [-0.2, 0) is 26.2 Å². The van der Waals surface area contributed by atoms with Crippen LogP contribution >= 0.6 is 23.2 Å². The highest BCUT2D eigenvalue weighted by atomic mass is 35.5. The number of ether oxygens (including phenoxy) is 1. The second kappa shape index (κ2) is 15.3. The van der Waals surface area contributed by atoms with Gasteiger partial charge in [0.1, 0.15) is 18.3 Å². The number of hydrogen-bond acceptors (Lipinski definition) is 5. The van der Waals surface area contributed by atoms with E-state index in [4.69, 9.17) is 27.9 Å². The molecular weight excluding hydrogens is 597 g/mol. The van der Waals surface area contributed by atoms with Crippen molar-refractivity contribution in [3.63, 3.8) is 0 Å². The zero-order valence-electron chi connectivity index (χ0n) is 24.3. The Bertz CT molecular complexity index is 1460. The number of sulfonamides is 1. The maximum Gasteiger partial charge on any atom is 0.264 e. The normalized spacial score (nSPS) is 12.0. The van der Waals surface area contributed by atoms with E-state index in [0.29, 0.717) is 27.9 Å². The zero-order valence-corrected chi connectivity index (χ0v) is 26.6. The van der Waals surface area contributed by atoms with Gasteiger partial charge in [-0.3, -0.25) is 13.9 Å². The lowest BCUT2D eigenvalue weighted by Gasteiger charge is -2.32. The molecule has 0 aliphatic carbocycles. The Balaban J connectivity index is 2.09. The van der Waals surface area contributed by atoms with Gasteiger partial charge in [-0.15, -0.1) is 0 Å². The first-order valence-electron chi connectivity index (χ1n) is 13.8. The van der Waals surface area contributed by atoms with Crippen molar-refractivity contribution in [2.45, 2.75) is 58.0 Å². The van der Waals surface area contributed by atoms with Crippen LogP contribution in [0.4, 0.5) is 5.69 Å². The molecule has 42 heavy (non-hydrogen) atoms. The molecule has 0 aromatic heterocycles. The summed E-state index contributed by atoms with van der Waals surface area (Å²) in [5.74, 6) is -0.691. The van der Waals surface area contributed by atoms with Crippen molar-refractivity contribution < 1.29 is 22.7 Å². The number of halogens is 2. The molecule has 3 aromatic rings. The van der Waals surface area contributed by atoms with E-state index in [9.17, 15) is 18.0 Å². The molecule has 11 heteroatoms. The summed E-state index contributed by atoms with van der Waals surface area (Å²) < 4.78 is 34.9. The molecule has 8 nitrogen and oxygen atoms in total. The molecule has 1 N–H and O–H groups in total. The molecule has 0 heterocycles. The van der Waals surface area contributed by atoms with E-state index < -0.39 is 28.5 Å². The Kier molecular flexibility index (Phi) is 12.1. The molecule has 226 valence electrons. The first-order valence-corrected chi connectivity index (χ1v) is 16.0. The Morgan fingerprint density at radius 1 is 0.952 bits per heavy atom. The number of benzene rings is 3. The van der Waals surface area contributed by atoms with Crippen molar-refractivity contribution in [1.82, 2.24) is 10.2 Å². The van der Waals surface area contributed by atoms with Crippen LogP contribution in [0.3, 0.4) is 0 Å². The van der Waals surface area contributed by atoms with E-state index in [2.05, 4.69) is 5.32 Å². The third kappa shape index (κ3) is 8.18. The molecule has 1 atom stereocenters. The maximum absolute atomic E-state index is 14.1. The van der Waals surface area contributed by atoms with Crippen LogP contribution in [0.25, 0.3) is 0 Å². The fourth-order valence-corrected chi connectivity index (χ4v) is 6.21. The molecule has 2 amide bonds. The van der Waals surface area contributed by atoms with Gasteiger partial charge in [-0.2, -0.15) is 0 Å². The van der Waals surface area contributed by atoms with Crippen molar-refractivity contribution in [1.29, 1.82) is 0 Å². The number of nitrogens with one attached hydrogen (secondary N) is 1. The second-order valence-corrected chi connectivity index (χ2v) is 12.4. The summed E-state index contributed by atoms with van der Waals surface area (Å²) in [4.78, 5) is 28.6. The molecule has 0 saturated carbocycles. The van der Waals surface area contributed by atoms with Gasteiger partial charge < -0.3 is 15.0 Å². The van der Waals surface area contributed by atoms with Crippen molar-refractivity contribution in [2.75, 3.05) is 24.0 Å². The molecule has 3 rings (SSSR count). The van der Waals surface area contributed by atoms with Crippen LogP contribution in [0, 0.1) is 6.92 Å². The Morgan fingerprint density at radius 3 is 2.21 bits per heavy atom. The summed E-state index contributed by atoms with van der Waals surface area (Å²) in [5, 5.41) is 3.50. The highest BCUT2D eigenvalue weighted by Crippen LogP contribution is 2.33. The summed E-state index contributed by atoms with van der Waals surface area (Å²) in [7, 11) is -4.24. The van der Waals surface area contributed by atoms with E-state index in [1.165, 1.54) is 17.0 Å². The predicted molar refractivity (Wildman–Crippen MR) is 168 cm³/mol. The van der Waals surface area contributed by atoms with E-state index >= 15 is 0 Å². The quantitative estimate of drug-likeness (QED) is 0.212. The number of para-hydroxylation sites is 2. The van der Waals surface area contributed by atoms with Gasteiger partial charge in [0.25, 0.3) is 10.0 Å². The minimum atomic E-state index is -4.24. The standard InChI is InChI=1S/C31H37Cl2N3O5S/c1-5-7-19-34-31(38)23(4)35(20-25-26(32)11-10-12-27(25)33)30(37)21-36(28-13-8-9-14-29(28)41-6-2)42(39,40)24-17-15-22(3)16-18-24/h8-18,23H,5-7,19-21H2,1-4H3,(H,34,38). The number of rotatable bonds is 14. The zero-order chi connectivity index (χ0) is 30.9. The van der Waals surface area contributed by atoms with Crippen molar-refractivity contribution >= 4 is 50.7 Å². The molecular formula is C31H37Cl2N3O5S. The number of hydrogen-bond donors (Lipinski definition) is 1. The van der Waals surface area contributed by atoms with Crippen LogP contribution in [0.15, 0.2) is 71.6 Å². The van der Waals surface area contributed by atoms with Crippen LogP contribution in [-0.4, -0.2) is 50.9 Å². The molecule has 0 radical (unpaired) electrons. The van der Waals surface area contributed by atoms with Gasteiger partial charge in [-0.1, -0.05) is 72.4 Å². The predicted octanol–water partition coefficient (Wildman–Crippen LogP) is 6.23. The minimum Gasteiger partial charge on any atom is -0.492 e. The molecule has 3 aromatic carbocycles. The van der Waals surface area contributed by atoms with Crippen molar-refractivity contribution in [2.24, 2.45) is 0 Å². The van der Waals surface area contributed by atoms with Crippen LogP contribution in [0.2, 0.25) is 10.0 Å². The first-order chi connectivity index (χ1) is 20.0. The van der Waals surface area contributed by atoms with Gasteiger partial charge in [0, 0.05) is 28.7 Å². The average molecular weight is 635 g/mol. The maximum atomic E-state index is 14.1. The number of anilines is 1. The lowest BCUT2D eigenvalue weighted by molar-refractivity contribution is -0.139. The summed E-state index contributed by atoms with van der Waals surface area (Å²) in [6, 6.07) is 17.0. The average Bonchev–Trinajstić information content (AvgIpc) is 2.96. The first kappa shape index (κ1) is 33.2. The van der Waals surface area contributed by atoms with E-state index in [0.717, 1.165) is 22.7 Å². The molecule has 0 bridgehead atoms. The van der Waals surface area contributed by atoms with Gasteiger partial charge >= 0.3 is 0 Å².